The Balaban J connectivity index is 1.30. The second-order valence-corrected chi connectivity index (χ2v) is 8.12. The van der Waals surface area contributed by atoms with E-state index in [0.717, 1.165) is 29.8 Å². The van der Waals surface area contributed by atoms with E-state index in [1.54, 1.807) is 18.5 Å². The van der Waals surface area contributed by atoms with Gasteiger partial charge in [0.2, 0.25) is 11.9 Å². The average Bonchev–Trinajstić information content (AvgIpc) is 2.80. The van der Waals surface area contributed by atoms with E-state index in [2.05, 4.69) is 20.2 Å². The molecular weight excluding hydrogens is 402 g/mol. The molecule has 0 aliphatic carbocycles. The smallest absolute Gasteiger partial charge is 0.255 e. The van der Waals surface area contributed by atoms with Crippen molar-refractivity contribution in [2.45, 2.75) is 20.3 Å². The molecule has 0 atom stereocenters. The molecule has 0 spiro atoms. The maximum Gasteiger partial charge on any atom is 0.255 e. The van der Waals surface area contributed by atoms with Gasteiger partial charge in [-0.3, -0.25) is 9.59 Å². The molecule has 4 rings (SSSR count). The zero-order chi connectivity index (χ0) is 22.5. The zero-order valence-electron chi connectivity index (χ0n) is 18.4. The lowest BCUT2D eigenvalue weighted by molar-refractivity contribution is -0.130. The SMILES string of the molecule is Cc1cc(C)cc(C(=O)Nc2ccc(CC(=O)N3CCN(c4ncccn4)CC3)cc2)c1. The minimum atomic E-state index is -0.138. The van der Waals surface area contributed by atoms with Crippen molar-refractivity contribution in [2.24, 2.45) is 0 Å². The van der Waals surface area contributed by atoms with Crippen molar-refractivity contribution in [3.63, 3.8) is 0 Å². The van der Waals surface area contributed by atoms with Crippen LogP contribution in [0.2, 0.25) is 0 Å². The van der Waals surface area contributed by atoms with E-state index in [4.69, 9.17) is 0 Å². The minimum absolute atomic E-state index is 0.102. The quantitative estimate of drug-likeness (QED) is 0.674. The topological polar surface area (TPSA) is 78.4 Å². The first kappa shape index (κ1) is 21.5. The summed E-state index contributed by atoms with van der Waals surface area (Å²) in [5.41, 5.74) is 4.39. The first-order valence-corrected chi connectivity index (χ1v) is 10.8. The molecule has 7 heteroatoms. The van der Waals surface area contributed by atoms with Crippen LogP contribution in [0.5, 0.6) is 0 Å². The summed E-state index contributed by atoms with van der Waals surface area (Å²) < 4.78 is 0. The van der Waals surface area contributed by atoms with Crippen molar-refractivity contribution in [1.82, 2.24) is 14.9 Å². The molecule has 7 nitrogen and oxygen atoms in total. The fourth-order valence-electron chi connectivity index (χ4n) is 3.91. The number of aromatic nitrogens is 2. The van der Waals surface area contributed by atoms with E-state index < -0.39 is 0 Å². The van der Waals surface area contributed by atoms with Gasteiger partial charge in [0.25, 0.3) is 5.91 Å². The molecule has 0 radical (unpaired) electrons. The first-order valence-electron chi connectivity index (χ1n) is 10.8. The highest BCUT2D eigenvalue weighted by Crippen LogP contribution is 2.16. The Morgan fingerprint density at radius 3 is 2.16 bits per heavy atom. The van der Waals surface area contributed by atoms with Crippen LogP contribution < -0.4 is 10.2 Å². The molecule has 2 aromatic carbocycles. The number of aryl methyl sites for hydroxylation is 2. The first-order chi connectivity index (χ1) is 15.5. The molecule has 0 bridgehead atoms. The van der Waals surface area contributed by atoms with Crippen molar-refractivity contribution in [3.8, 4) is 0 Å². The highest BCUT2D eigenvalue weighted by Gasteiger charge is 2.22. The van der Waals surface area contributed by atoms with Crippen LogP contribution in [-0.2, 0) is 11.2 Å². The summed E-state index contributed by atoms with van der Waals surface area (Å²) in [5, 5.41) is 2.93. The number of carbonyl (C=O) groups is 2. The maximum atomic E-state index is 12.7. The van der Waals surface area contributed by atoms with Crippen LogP contribution in [0.15, 0.2) is 60.9 Å². The molecule has 2 heterocycles. The van der Waals surface area contributed by atoms with Crippen molar-refractivity contribution in [3.05, 3.63) is 83.2 Å². The highest BCUT2D eigenvalue weighted by atomic mass is 16.2. The van der Waals surface area contributed by atoms with Crippen LogP contribution in [0.25, 0.3) is 0 Å². The number of carbonyl (C=O) groups excluding carboxylic acids is 2. The van der Waals surface area contributed by atoms with Gasteiger partial charge in [-0.15, -0.1) is 0 Å². The number of nitrogens with one attached hydrogen (secondary N) is 1. The summed E-state index contributed by atoms with van der Waals surface area (Å²) in [6, 6.07) is 15.0. The van der Waals surface area contributed by atoms with Crippen LogP contribution in [-0.4, -0.2) is 52.9 Å². The number of benzene rings is 2. The normalized spacial score (nSPS) is 13.7. The molecule has 1 saturated heterocycles. The molecule has 2 amide bonds. The Morgan fingerprint density at radius 1 is 0.906 bits per heavy atom. The second-order valence-electron chi connectivity index (χ2n) is 8.12. The standard InChI is InChI=1S/C25H27N5O2/c1-18-14-19(2)16-21(15-18)24(32)28-22-6-4-20(5-7-22)17-23(31)29-10-12-30(13-11-29)25-26-8-3-9-27-25/h3-9,14-16H,10-13,17H2,1-2H3,(H,28,32). The summed E-state index contributed by atoms with van der Waals surface area (Å²) >= 11 is 0. The molecule has 1 fully saturated rings. The van der Waals surface area contributed by atoms with E-state index in [1.165, 1.54) is 0 Å². The fraction of sp³-hybridized carbons (Fsp3) is 0.280. The third kappa shape index (κ3) is 5.29. The predicted octanol–water partition coefficient (Wildman–Crippen LogP) is 3.24. The average molecular weight is 430 g/mol. The Morgan fingerprint density at radius 2 is 1.53 bits per heavy atom. The lowest BCUT2D eigenvalue weighted by Gasteiger charge is -2.34. The Hall–Kier alpha value is -3.74. The van der Waals surface area contributed by atoms with Crippen LogP contribution in [0.3, 0.4) is 0 Å². The van der Waals surface area contributed by atoms with E-state index in [9.17, 15) is 9.59 Å². The Kier molecular flexibility index (Phi) is 6.44. The summed E-state index contributed by atoms with van der Waals surface area (Å²) in [6.07, 6.45) is 3.80. The minimum Gasteiger partial charge on any atom is -0.339 e. The summed E-state index contributed by atoms with van der Waals surface area (Å²) in [4.78, 5) is 37.8. The summed E-state index contributed by atoms with van der Waals surface area (Å²) in [5.74, 6) is 0.671. The van der Waals surface area contributed by atoms with Gasteiger partial charge in [0.05, 0.1) is 6.42 Å². The van der Waals surface area contributed by atoms with E-state index in [-0.39, 0.29) is 11.8 Å². The number of nitrogens with zero attached hydrogens (tertiary/aromatic N) is 4. The predicted molar refractivity (Wildman–Crippen MR) is 125 cm³/mol. The third-order valence-corrected chi connectivity index (χ3v) is 5.52. The van der Waals surface area contributed by atoms with Crippen LogP contribution in [0.4, 0.5) is 11.6 Å². The highest BCUT2D eigenvalue weighted by molar-refractivity contribution is 6.04. The maximum absolute atomic E-state index is 12.7. The molecule has 3 aromatic rings. The van der Waals surface area contributed by atoms with Gasteiger partial charge in [-0.1, -0.05) is 29.3 Å². The van der Waals surface area contributed by atoms with Gasteiger partial charge in [-0.2, -0.15) is 0 Å². The Bertz CT molecular complexity index is 1070. The Labute approximate surface area is 188 Å². The molecule has 1 aliphatic rings. The monoisotopic (exact) mass is 429 g/mol. The van der Waals surface area contributed by atoms with Crippen LogP contribution >= 0.6 is 0 Å². The van der Waals surface area contributed by atoms with Gasteiger partial charge < -0.3 is 15.1 Å². The van der Waals surface area contributed by atoms with E-state index in [0.29, 0.717) is 36.7 Å². The second kappa shape index (κ2) is 9.60. The number of rotatable bonds is 5. The van der Waals surface area contributed by atoms with Gasteiger partial charge in [0, 0.05) is 49.8 Å². The lowest BCUT2D eigenvalue weighted by Crippen LogP contribution is -2.49. The summed E-state index contributed by atoms with van der Waals surface area (Å²) in [6.45, 7) is 6.70. The summed E-state index contributed by atoms with van der Waals surface area (Å²) in [7, 11) is 0. The molecule has 1 aromatic heterocycles. The van der Waals surface area contributed by atoms with Crippen LogP contribution in [0.1, 0.15) is 27.0 Å². The van der Waals surface area contributed by atoms with Gasteiger partial charge >= 0.3 is 0 Å². The number of piperazine rings is 1. The largest absolute Gasteiger partial charge is 0.339 e. The third-order valence-electron chi connectivity index (χ3n) is 5.52. The molecule has 0 saturated carbocycles. The zero-order valence-corrected chi connectivity index (χ0v) is 18.4. The van der Waals surface area contributed by atoms with Gasteiger partial charge in [0.15, 0.2) is 0 Å². The van der Waals surface area contributed by atoms with E-state index in [1.807, 2.05) is 61.2 Å². The number of amides is 2. The van der Waals surface area contributed by atoms with Gasteiger partial charge in [-0.05, 0) is 49.7 Å². The molecule has 1 N–H and O–H groups in total. The number of hydrogen-bond acceptors (Lipinski definition) is 5. The molecule has 0 unspecified atom stereocenters. The molecule has 164 valence electrons. The van der Waals surface area contributed by atoms with E-state index >= 15 is 0 Å². The van der Waals surface area contributed by atoms with Crippen LogP contribution in [0, 0.1) is 13.8 Å². The van der Waals surface area contributed by atoms with Gasteiger partial charge in [-0.25, -0.2) is 9.97 Å². The number of hydrogen-bond donors (Lipinski definition) is 1. The van der Waals surface area contributed by atoms with Crippen molar-refractivity contribution in [2.75, 3.05) is 36.4 Å². The molecular formula is C25H27N5O2. The fourth-order valence-corrected chi connectivity index (χ4v) is 3.91. The molecule has 32 heavy (non-hydrogen) atoms. The van der Waals surface area contributed by atoms with Crippen molar-refractivity contribution < 1.29 is 9.59 Å². The lowest BCUT2D eigenvalue weighted by atomic mass is 10.1. The number of anilines is 2. The van der Waals surface area contributed by atoms with Crippen molar-refractivity contribution in [1.29, 1.82) is 0 Å². The molecule has 1 aliphatic heterocycles. The van der Waals surface area contributed by atoms with Gasteiger partial charge in [0.1, 0.15) is 0 Å². The van der Waals surface area contributed by atoms with Crippen molar-refractivity contribution >= 4 is 23.5 Å².